The van der Waals surface area contributed by atoms with Gasteiger partial charge in [-0.2, -0.15) is 4.21 Å². The van der Waals surface area contributed by atoms with Gasteiger partial charge in [0.15, 0.2) is 0 Å². The van der Waals surface area contributed by atoms with E-state index < -0.39 is 23.0 Å². The zero-order chi connectivity index (χ0) is 16.1. The van der Waals surface area contributed by atoms with E-state index in [1.54, 1.807) is 12.1 Å². The smallest absolute Gasteiger partial charge is 0.371 e. The number of hydrogen-bond acceptors (Lipinski definition) is 3. The predicted octanol–water partition coefficient (Wildman–Crippen LogP) is 4.13. The van der Waals surface area contributed by atoms with E-state index in [1.165, 1.54) is 12.1 Å². The molecule has 0 atom stereocenters. The van der Waals surface area contributed by atoms with Crippen molar-refractivity contribution in [3.63, 3.8) is 0 Å². The highest BCUT2D eigenvalue weighted by molar-refractivity contribution is 7.75. The first-order valence-corrected chi connectivity index (χ1v) is 7.88. The highest BCUT2D eigenvalue weighted by Gasteiger charge is 2.10. The van der Waals surface area contributed by atoms with Crippen LogP contribution < -0.4 is 8.37 Å². The molecule has 0 unspecified atom stereocenters. The molecule has 6 heteroatoms. The molecular weight excluding hydrogens is 310 g/mol. The lowest BCUT2D eigenvalue weighted by Gasteiger charge is -2.08. The van der Waals surface area contributed by atoms with Crippen LogP contribution in [-0.4, -0.2) is 4.21 Å². The van der Waals surface area contributed by atoms with Crippen molar-refractivity contribution in [3.8, 4) is 11.5 Å². The van der Waals surface area contributed by atoms with Crippen LogP contribution in [0.1, 0.15) is 25.0 Å². The monoisotopic (exact) mass is 326 g/mol. The van der Waals surface area contributed by atoms with Gasteiger partial charge in [0.1, 0.15) is 23.1 Å². The Bertz CT molecular complexity index is 632. The second-order valence-electron chi connectivity index (χ2n) is 4.58. The molecule has 3 nitrogen and oxygen atoms in total. The molecule has 0 bridgehead atoms. The Balaban J connectivity index is 2.04. The fraction of sp³-hybridized carbons (Fsp3) is 0.250. The maximum Gasteiger partial charge on any atom is 0.417 e. The van der Waals surface area contributed by atoms with Gasteiger partial charge in [-0.15, -0.1) is 0 Å². The minimum Gasteiger partial charge on any atom is -0.371 e. The first-order chi connectivity index (χ1) is 10.5. The Kier molecular flexibility index (Phi) is 5.49. The highest BCUT2D eigenvalue weighted by atomic mass is 32.2. The molecule has 2 aromatic carbocycles. The zero-order valence-electron chi connectivity index (χ0n) is 12.3. The van der Waals surface area contributed by atoms with Crippen LogP contribution in [0.2, 0.25) is 0 Å². The highest BCUT2D eigenvalue weighted by Crippen LogP contribution is 2.21. The van der Waals surface area contributed by atoms with Crippen LogP contribution in [0.25, 0.3) is 0 Å². The van der Waals surface area contributed by atoms with Gasteiger partial charge in [-0.1, -0.05) is 26.0 Å². The van der Waals surface area contributed by atoms with Crippen molar-refractivity contribution in [2.45, 2.75) is 26.7 Å². The van der Waals surface area contributed by atoms with E-state index in [4.69, 9.17) is 8.37 Å². The Hall–Kier alpha value is -1.95. The number of rotatable bonds is 6. The van der Waals surface area contributed by atoms with Crippen LogP contribution in [0.4, 0.5) is 8.78 Å². The van der Waals surface area contributed by atoms with Gasteiger partial charge in [0.25, 0.3) is 0 Å². The summed E-state index contributed by atoms with van der Waals surface area (Å²) in [5, 5.41) is 0. The van der Waals surface area contributed by atoms with Crippen LogP contribution in [0.5, 0.6) is 11.5 Å². The zero-order valence-corrected chi connectivity index (χ0v) is 13.1. The fourth-order valence-corrected chi connectivity index (χ4v) is 2.46. The van der Waals surface area contributed by atoms with Crippen molar-refractivity contribution in [3.05, 3.63) is 59.2 Å². The van der Waals surface area contributed by atoms with E-state index in [-0.39, 0.29) is 11.5 Å². The van der Waals surface area contributed by atoms with E-state index in [0.29, 0.717) is 24.0 Å². The predicted molar refractivity (Wildman–Crippen MR) is 81.0 cm³/mol. The quantitative estimate of drug-likeness (QED) is 0.801. The second-order valence-corrected chi connectivity index (χ2v) is 5.33. The lowest BCUT2D eigenvalue weighted by atomic mass is 10.1. The maximum atomic E-state index is 13.6. The van der Waals surface area contributed by atoms with Crippen LogP contribution in [-0.2, 0) is 24.2 Å². The lowest BCUT2D eigenvalue weighted by Crippen LogP contribution is -2.08. The van der Waals surface area contributed by atoms with Crippen LogP contribution in [0.3, 0.4) is 0 Å². The second kappa shape index (κ2) is 7.35. The summed E-state index contributed by atoms with van der Waals surface area (Å²) in [7, 11) is 0. The molecule has 0 amide bonds. The SMILES string of the molecule is CCc1ccc(OS(=O)Oc2ccc(CC)c(F)c2)cc1F. The van der Waals surface area contributed by atoms with Gasteiger partial charge in [0, 0.05) is 12.1 Å². The van der Waals surface area contributed by atoms with Crippen molar-refractivity contribution in [2.75, 3.05) is 0 Å². The van der Waals surface area contributed by atoms with Crippen molar-refractivity contribution in [1.29, 1.82) is 0 Å². The number of hydrogen-bond donors (Lipinski definition) is 0. The summed E-state index contributed by atoms with van der Waals surface area (Å²) in [6, 6.07) is 8.39. The molecule has 0 saturated heterocycles. The number of halogens is 2. The van der Waals surface area contributed by atoms with Gasteiger partial charge in [-0.25, -0.2) is 8.78 Å². The van der Waals surface area contributed by atoms with Crippen molar-refractivity contribution < 1.29 is 21.4 Å². The fourth-order valence-electron chi connectivity index (χ4n) is 1.91. The molecule has 0 fully saturated rings. The largest absolute Gasteiger partial charge is 0.417 e. The molecular formula is C16H16F2O3S. The van der Waals surface area contributed by atoms with Crippen molar-refractivity contribution in [1.82, 2.24) is 0 Å². The maximum absolute atomic E-state index is 13.6. The molecule has 0 N–H and O–H groups in total. The molecule has 0 aliphatic carbocycles. The third kappa shape index (κ3) is 4.04. The molecule has 0 aliphatic heterocycles. The van der Waals surface area contributed by atoms with E-state index in [2.05, 4.69) is 0 Å². The van der Waals surface area contributed by atoms with E-state index in [1.807, 2.05) is 13.8 Å². The van der Waals surface area contributed by atoms with Crippen molar-refractivity contribution in [2.24, 2.45) is 0 Å². The molecule has 0 heterocycles. The Morgan fingerprint density at radius 2 is 1.27 bits per heavy atom. The molecule has 22 heavy (non-hydrogen) atoms. The van der Waals surface area contributed by atoms with Gasteiger partial charge < -0.3 is 8.37 Å². The summed E-state index contributed by atoms with van der Waals surface area (Å²) in [5.41, 5.74) is 1.08. The van der Waals surface area contributed by atoms with E-state index in [0.717, 1.165) is 12.1 Å². The first kappa shape index (κ1) is 16.4. The average molecular weight is 326 g/mol. The molecule has 118 valence electrons. The number of benzene rings is 2. The molecule has 0 aromatic heterocycles. The van der Waals surface area contributed by atoms with E-state index >= 15 is 0 Å². The summed E-state index contributed by atoms with van der Waals surface area (Å²) < 4.78 is 48.9. The summed E-state index contributed by atoms with van der Waals surface area (Å²) in [6.45, 7) is 3.66. The van der Waals surface area contributed by atoms with Gasteiger partial charge in [0.05, 0.1) is 0 Å². The van der Waals surface area contributed by atoms with Gasteiger partial charge in [0.2, 0.25) is 0 Å². The van der Waals surface area contributed by atoms with Gasteiger partial charge in [-0.3, -0.25) is 0 Å². The average Bonchev–Trinajstić information content (AvgIpc) is 2.47. The van der Waals surface area contributed by atoms with Crippen molar-refractivity contribution >= 4 is 11.4 Å². The topological polar surface area (TPSA) is 35.5 Å². The number of aryl methyl sites for hydroxylation is 2. The molecule has 0 aliphatic rings. The Morgan fingerprint density at radius 1 is 0.864 bits per heavy atom. The first-order valence-electron chi connectivity index (χ1n) is 6.88. The Morgan fingerprint density at radius 3 is 1.59 bits per heavy atom. The molecule has 2 aromatic rings. The van der Waals surface area contributed by atoms with Crippen LogP contribution in [0.15, 0.2) is 36.4 Å². The standard InChI is InChI=1S/C16H16F2O3S/c1-3-11-5-7-13(9-15(11)17)20-22(19)21-14-8-6-12(4-2)16(18)10-14/h5-10H,3-4H2,1-2H3. The third-order valence-corrected chi connectivity index (χ3v) is 3.80. The normalized spacial score (nSPS) is 10.8. The third-order valence-electron chi connectivity index (χ3n) is 3.14. The molecule has 0 radical (unpaired) electrons. The van der Waals surface area contributed by atoms with Crippen LogP contribution in [0, 0.1) is 11.6 Å². The van der Waals surface area contributed by atoms with Gasteiger partial charge in [-0.05, 0) is 36.1 Å². The lowest BCUT2D eigenvalue weighted by molar-refractivity contribution is 0.457. The minimum atomic E-state index is -2.19. The summed E-state index contributed by atoms with van der Waals surface area (Å²) in [6.07, 6.45) is 1.10. The van der Waals surface area contributed by atoms with Gasteiger partial charge >= 0.3 is 11.4 Å². The molecule has 2 rings (SSSR count). The van der Waals surface area contributed by atoms with E-state index in [9.17, 15) is 13.0 Å². The summed E-state index contributed by atoms with van der Waals surface area (Å²) in [5.74, 6) is -0.706. The summed E-state index contributed by atoms with van der Waals surface area (Å²) in [4.78, 5) is 0. The van der Waals surface area contributed by atoms with Crippen LogP contribution >= 0.6 is 0 Å². The Labute approximate surface area is 130 Å². The summed E-state index contributed by atoms with van der Waals surface area (Å²) >= 11 is -2.19. The molecule has 0 spiro atoms. The molecule has 0 saturated carbocycles. The minimum absolute atomic E-state index is 0.0821.